The van der Waals surface area contributed by atoms with Crippen LogP contribution in [0.15, 0.2) is 41.3 Å². The van der Waals surface area contributed by atoms with Crippen molar-refractivity contribution in [2.24, 2.45) is 0 Å². The second kappa shape index (κ2) is 5.13. The Morgan fingerprint density at radius 1 is 1.05 bits per heavy atom. The molecule has 106 valence electrons. The first-order valence-electron chi connectivity index (χ1n) is 5.95. The molecule has 0 saturated carbocycles. The lowest BCUT2D eigenvalue weighted by atomic mass is 10.1. The summed E-state index contributed by atoms with van der Waals surface area (Å²) in [6, 6.07) is 8.59. The maximum Gasteiger partial charge on any atom is 0.261 e. The number of nitrogens with one attached hydrogen (secondary N) is 1. The molecule has 0 fully saturated rings. The molecule has 0 heterocycles. The van der Waals surface area contributed by atoms with Crippen LogP contribution in [-0.4, -0.2) is 8.42 Å². The molecule has 0 radical (unpaired) electrons. The van der Waals surface area contributed by atoms with Gasteiger partial charge in [-0.1, -0.05) is 6.07 Å². The molecule has 0 aliphatic heterocycles. The van der Waals surface area contributed by atoms with Crippen LogP contribution in [0.5, 0.6) is 0 Å². The summed E-state index contributed by atoms with van der Waals surface area (Å²) in [5, 5.41) is 0. The van der Waals surface area contributed by atoms with Crippen molar-refractivity contribution in [3.05, 3.63) is 53.3 Å². The number of hydrogen-bond donors (Lipinski definition) is 2. The van der Waals surface area contributed by atoms with Crippen LogP contribution >= 0.6 is 0 Å². The Balaban J connectivity index is 2.35. The highest BCUT2D eigenvalue weighted by molar-refractivity contribution is 7.92. The van der Waals surface area contributed by atoms with E-state index < -0.39 is 15.8 Å². The lowest BCUT2D eigenvalue weighted by Gasteiger charge is -2.10. The first-order valence-corrected chi connectivity index (χ1v) is 7.43. The topological polar surface area (TPSA) is 72.2 Å². The van der Waals surface area contributed by atoms with Gasteiger partial charge in [-0.25, -0.2) is 12.8 Å². The van der Waals surface area contributed by atoms with Crippen molar-refractivity contribution in [2.45, 2.75) is 18.7 Å². The molecule has 0 atom stereocenters. The Labute approximate surface area is 117 Å². The smallest absolute Gasteiger partial charge is 0.261 e. The van der Waals surface area contributed by atoms with Crippen LogP contribution in [-0.2, 0) is 10.0 Å². The van der Waals surface area contributed by atoms with Gasteiger partial charge in [-0.05, 0) is 49.2 Å². The first kappa shape index (κ1) is 14.3. The third kappa shape index (κ3) is 2.91. The fraction of sp³-hybridized carbons (Fsp3) is 0.143. The summed E-state index contributed by atoms with van der Waals surface area (Å²) in [7, 11) is -3.74. The third-order valence-electron chi connectivity index (χ3n) is 3.04. The van der Waals surface area contributed by atoms with Crippen LogP contribution in [0.4, 0.5) is 15.8 Å². The van der Waals surface area contributed by atoms with E-state index in [4.69, 9.17) is 5.73 Å². The van der Waals surface area contributed by atoms with Gasteiger partial charge in [0, 0.05) is 6.07 Å². The third-order valence-corrected chi connectivity index (χ3v) is 4.42. The molecular formula is C14H15FN2O2S. The fourth-order valence-corrected chi connectivity index (χ4v) is 2.82. The number of benzene rings is 2. The molecule has 20 heavy (non-hydrogen) atoms. The van der Waals surface area contributed by atoms with Gasteiger partial charge in [-0.15, -0.1) is 0 Å². The molecule has 6 heteroatoms. The van der Waals surface area contributed by atoms with Gasteiger partial charge in [0.25, 0.3) is 10.0 Å². The van der Waals surface area contributed by atoms with Crippen LogP contribution in [0.2, 0.25) is 0 Å². The zero-order valence-electron chi connectivity index (χ0n) is 11.1. The Hall–Kier alpha value is -2.08. The van der Waals surface area contributed by atoms with E-state index in [1.807, 2.05) is 13.8 Å². The van der Waals surface area contributed by atoms with Crippen molar-refractivity contribution in [1.29, 1.82) is 0 Å². The van der Waals surface area contributed by atoms with E-state index in [1.54, 1.807) is 12.1 Å². The number of nitrogen functional groups attached to an aromatic ring is 1. The van der Waals surface area contributed by atoms with Gasteiger partial charge in [-0.3, -0.25) is 4.72 Å². The van der Waals surface area contributed by atoms with Gasteiger partial charge in [-0.2, -0.15) is 0 Å². The number of sulfonamides is 1. The van der Waals surface area contributed by atoms with Crippen molar-refractivity contribution < 1.29 is 12.8 Å². The summed E-state index contributed by atoms with van der Waals surface area (Å²) in [5.41, 5.74) is 7.33. The van der Waals surface area contributed by atoms with Gasteiger partial charge in [0.2, 0.25) is 0 Å². The predicted molar refractivity (Wildman–Crippen MR) is 77.5 cm³/mol. The van der Waals surface area contributed by atoms with E-state index in [1.165, 1.54) is 18.2 Å². The van der Waals surface area contributed by atoms with Gasteiger partial charge in [0.15, 0.2) is 0 Å². The van der Waals surface area contributed by atoms with Crippen molar-refractivity contribution in [3.63, 3.8) is 0 Å². The molecular weight excluding hydrogens is 279 g/mol. The van der Waals surface area contributed by atoms with Gasteiger partial charge in [0.1, 0.15) is 5.82 Å². The highest BCUT2D eigenvalue weighted by Crippen LogP contribution is 2.21. The average Bonchev–Trinajstić information content (AvgIpc) is 2.37. The molecule has 0 amide bonds. The SMILES string of the molecule is Cc1ccc(S(=O)(=O)Nc2ccc(N)c(F)c2)cc1C. The highest BCUT2D eigenvalue weighted by atomic mass is 32.2. The molecule has 0 bridgehead atoms. The summed E-state index contributed by atoms with van der Waals surface area (Å²) in [5.74, 6) is -0.662. The number of halogens is 1. The maximum absolute atomic E-state index is 13.3. The van der Waals surface area contributed by atoms with Crippen molar-refractivity contribution in [2.75, 3.05) is 10.5 Å². The molecule has 0 aliphatic rings. The quantitative estimate of drug-likeness (QED) is 0.855. The van der Waals surface area contributed by atoms with Gasteiger partial charge in [0.05, 0.1) is 16.3 Å². The molecule has 0 aromatic heterocycles. The number of rotatable bonds is 3. The molecule has 3 N–H and O–H groups in total. The second-order valence-corrected chi connectivity index (χ2v) is 6.27. The lowest BCUT2D eigenvalue weighted by molar-refractivity contribution is 0.601. The zero-order chi connectivity index (χ0) is 14.9. The molecule has 2 aromatic carbocycles. The Morgan fingerprint density at radius 3 is 2.35 bits per heavy atom. The second-order valence-electron chi connectivity index (χ2n) is 4.59. The number of aryl methyl sites for hydroxylation is 2. The van der Waals surface area contributed by atoms with Crippen LogP contribution in [0.3, 0.4) is 0 Å². The molecule has 0 saturated heterocycles. The van der Waals surface area contributed by atoms with Crippen molar-refractivity contribution >= 4 is 21.4 Å². The minimum Gasteiger partial charge on any atom is -0.396 e. The summed E-state index contributed by atoms with van der Waals surface area (Å²) in [6.45, 7) is 3.73. The summed E-state index contributed by atoms with van der Waals surface area (Å²) >= 11 is 0. The van der Waals surface area contributed by atoms with Crippen molar-refractivity contribution in [3.8, 4) is 0 Å². The maximum atomic E-state index is 13.3. The normalized spacial score (nSPS) is 11.3. The summed E-state index contributed by atoms with van der Waals surface area (Å²) in [4.78, 5) is 0.137. The van der Waals surface area contributed by atoms with Crippen LogP contribution < -0.4 is 10.5 Å². The number of nitrogens with two attached hydrogens (primary N) is 1. The molecule has 2 aromatic rings. The predicted octanol–water partition coefficient (Wildman–Crippen LogP) is 2.83. The van der Waals surface area contributed by atoms with E-state index in [-0.39, 0.29) is 16.3 Å². The number of hydrogen-bond acceptors (Lipinski definition) is 3. The van der Waals surface area contributed by atoms with E-state index in [0.717, 1.165) is 17.2 Å². The summed E-state index contributed by atoms with van der Waals surface area (Å²) < 4.78 is 40.0. The average molecular weight is 294 g/mol. The van der Waals surface area contributed by atoms with Gasteiger partial charge >= 0.3 is 0 Å². The minimum absolute atomic E-state index is 0.0286. The first-order chi connectivity index (χ1) is 9.29. The molecule has 0 unspecified atom stereocenters. The zero-order valence-corrected chi connectivity index (χ0v) is 12.0. The van der Waals surface area contributed by atoms with E-state index in [2.05, 4.69) is 4.72 Å². The minimum atomic E-state index is -3.74. The monoisotopic (exact) mass is 294 g/mol. The molecule has 2 rings (SSSR count). The van der Waals surface area contributed by atoms with Crippen LogP contribution in [0, 0.1) is 19.7 Å². The fourth-order valence-electron chi connectivity index (χ4n) is 1.69. The van der Waals surface area contributed by atoms with Gasteiger partial charge < -0.3 is 5.73 Å². The summed E-state index contributed by atoms with van der Waals surface area (Å²) in [6.07, 6.45) is 0. The largest absolute Gasteiger partial charge is 0.396 e. The van der Waals surface area contributed by atoms with Crippen molar-refractivity contribution in [1.82, 2.24) is 0 Å². The molecule has 0 aliphatic carbocycles. The Kier molecular flexibility index (Phi) is 3.67. The lowest BCUT2D eigenvalue weighted by Crippen LogP contribution is -2.13. The Bertz CT molecular complexity index is 758. The van der Waals surface area contributed by atoms with Crippen LogP contribution in [0.25, 0.3) is 0 Å². The van der Waals surface area contributed by atoms with E-state index >= 15 is 0 Å². The number of anilines is 2. The van der Waals surface area contributed by atoms with E-state index in [0.29, 0.717) is 0 Å². The molecule has 4 nitrogen and oxygen atoms in total. The van der Waals surface area contributed by atoms with Crippen LogP contribution in [0.1, 0.15) is 11.1 Å². The molecule has 0 spiro atoms. The highest BCUT2D eigenvalue weighted by Gasteiger charge is 2.15. The van der Waals surface area contributed by atoms with E-state index in [9.17, 15) is 12.8 Å². The Morgan fingerprint density at radius 2 is 1.75 bits per heavy atom. The standard InChI is InChI=1S/C14H15FN2O2S/c1-9-3-5-12(7-10(9)2)20(18,19)17-11-4-6-14(16)13(15)8-11/h3-8,17H,16H2,1-2H3.